The zero-order valence-electron chi connectivity index (χ0n) is 9.67. The molecule has 3 nitrogen and oxygen atoms in total. The van der Waals surface area contributed by atoms with Gasteiger partial charge in [-0.15, -0.1) is 11.3 Å². The van der Waals surface area contributed by atoms with Crippen LogP contribution in [0.4, 0.5) is 0 Å². The SMILES string of the molecule is O=C(O)c1ccc(C(=O)C=Cc2ccccc2Cl)s1. The number of rotatable bonds is 4. The summed E-state index contributed by atoms with van der Waals surface area (Å²) < 4.78 is 0. The van der Waals surface area contributed by atoms with Gasteiger partial charge in [0.25, 0.3) is 0 Å². The highest BCUT2D eigenvalue weighted by atomic mass is 35.5. The molecule has 0 atom stereocenters. The van der Waals surface area contributed by atoms with E-state index in [0.717, 1.165) is 16.9 Å². The Morgan fingerprint density at radius 3 is 2.42 bits per heavy atom. The number of carbonyl (C=O) groups is 2. The standard InChI is InChI=1S/C14H9ClO3S/c15-10-4-2-1-3-9(10)5-6-11(16)12-7-8-13(19-12)14(17)18/h1-8H,(H,17,18). The van der Waals surface area contributed by atoms with Crippen molar-refractivity contribution in [2.24, 2.45) is 0 Å². The van der Waals surface area contributed by atoms with E-state index in [2.05, 4.69) is 0 Å². The monoisotopic (exact) mass is 292 g/mol. The third kappa shape index (κ3) is 3.30. The molecule has 2 rings (SSSR count). The minimum atomic E-state index is -1.03. The quantitative estimate of drug-likeness (QED) is 0.684. The number of carbonyl (C=O) groups excluding carboxylic acids is 1. The van der Waals surface area contributed by atoms with Gasteiger partial charge in [-0.05, 0) is 35.9 Å². The lowest BCUT2D eigenvalue weighted by Gasteiger charge is -1.95. The number of halogens is 1. The number of aromatic carboxylic acids is 1. The maximum absolute atomic E-state index is 11.9. The highest BCUT2D eigenvalue weighted by Gasteiger charge is 2.10. The van der Waals surface area contributed by atoms with Crippen molar-refractivity contribution in [1.29, 1.82) is 0 Å². The van der Waals surface area contributed by atoms with Gasteiger partial charge in [0.1, 0.15) is 4.88 Å². The summed E-state index contributed by atoms with van der Waals surface area (Å²) in [6.45, 7) is 0. The lowest BCUT2D eigenvalue weighted by molar-refractivity contribution is 0.0702. The third-order valence-corrected chi connectivity index (χ3v) is 3.81. The molecule has 1 aromatic carbocycles. The van der Waals surface area contributed by atoms with E-state index in [9.17, 15) is 9.59 Å². The average Bonchev–Trinajstić information content (AvgIpc) is 2.87. The third-order valence-electron chi connectivity index (χ3n) is 2.38. The van der Waals surface area contributed by atoms with Crippen LogP contribution in [-0.4, -0.2) is 16.9 Å². The van der Waals surface area contributed by atoms with Crippen LogP contribution >= 0.6 is 22.9 Å². The van der Waals surface area contributed by atoms with E-state index in [1.165, 1.54) is 18.2 Å². The second-order valence-corrected chi connectivity index (χ2v) is 5.18. The van der Waals surface area contributed by atoms with Crippen molar-refractivity contribution in [3.05, 3.63) is 62.8 Å². The van der Waals surface area contributed by atoms with Crippen molar-refractivity contribution in [1.82, 2.24) is 0 Å². The Labute approximate surface area is 118 Å². The first-order chi connectivity index (χ1) is 9.08. The molecule has 1 aromatic heterocycles. The van der Waals surface area contributed by atoms with E-state index in [0.29, 0.717) is 9.90 Å². The molecule has 0 radical (unpaired) electrons. The second-order valence-electron chi connectivity index (χ2n) is 3.69. The molecule has 96 valence electrons. The van der Waals surface area contributed by atoms with Gasteiger partial charge in [0.15, 0.2) is 5.78 Å². The van der Waals surface area contributed by atoms with Crippen molar-refractivity contribution in [2.75, 3.05) is 0 Å². The highest BCUT2D eigenvalue weighted by Crippen LogP contribution is 2.19. The maximum atomic E-state index is 11.9. The van der Waals surface area contributed by atoms with Gasteiger partial charge in [-0.2, -0.15) is 0 Å². The van der Waals surface area contributed by atoms with Gasteiger partial charge in [-0.25, -0.2) is 4.79 Å². The number of benzene rings is 1. The average molecular weight is 293 g/mol. The summed E-state index contributed by atoms with van der Waals surface area (Å²) in [6.07, 6.45) is 3.00. The number of allylic oxidation sites excluding steroid dienone is 1. The lowest BCUT2D eigenvalue weighted by Crippen LogP contribution is -1.91. The first-order valence-corrected chi connectivity index (χ1v) is 6.57. The Morgan fingerprint density at radius 2 is 1.79 bits per heavy atom. The Hall–Kier alpha value is -1.91. The predicted octanol–water partition coefficient (Wildman–Crippen LogP) is 4.00. The van der Waals surface area contributed by atoms with Crippen molar-refractivity contribution >= 4 is 40.8 Å². The summed E-state index contributed by atoms with van der Waals surface area (Å²) in [6, 6.07) is 10.1. The largest absolute Gasteiger partial charge is 0.477 e. The zero-order valence-corrected chi connectivity index (χ0v) is 11.2. The molecular weight excluding hydrogens is 284 g/mol. The van der Waals surface area contributed by atoms with E-state index in [4.69, 9.17) is 16.7 Å². The van der Waals surface area contributed by atoms with Gasteiger partial charge in [-0.3, -0.25) is 4.79 Å². The van der Waals surface area contributed by atoms with Crippen molar-refractivity contribution < 1.29 is 14.7 Å². The molecule has 1 heterocycles. The number of hydrogen-bond acceptors (Lipinski definition) is 3. The Morgan fingerprint density at radius 1 is 1.11 bits per heavy atom. The van der Waals surface area contributed by atoms with Crippen molar-refractivity contribution in [3.63, 3.8) is 0 Å². The molecule has 0 unspecified atom stereocenters. The minimum Gasteiger partial charge on any atom is -0.477 e. The van der Waals surface area contributed by atoms with Gasteiger partial charge in [-0.1, -0.05) is 29.8 Å². The molecule has 0 aliphatic rings. The van der Waals surface area contributed by atoms with Crippen molar-refractivity contribution in [2.45, 2.75) is 0 Å². The van der Waals surface area contributed by atoms with Crippen LogP contribution in [0.2, 0.25) is 5.02 Å². The topological polar surface area (TPSA) is 54.4 Å². The number of hydrogen-bond donors (Lipinski definition) is 1. The number of thiophene rings is 1. The fourth-order valence-electron chi connectivity index (χ4n) is 1.44. The Kier molecular flexibility index (Phi) is 4.14. The zero-order chi connectivity index (χ0) is 13.8. The molecule has 0 amide bonds. The van der Waals surface area contributed by atoms with Crippen LogP contribution in [0.1, 0.15) is 24.9 Å². The molecular formula is C14H9ClO3S. The molecule has 5 heteroatoms. The molecule has 0 aliphatic carbocycles. The van der Waals surface area contributed by atoms with Crippen LogP contribution in [0.5, 0.6) is 0 Å². The molecule has 1 N–H and O–H groups in total. The maximum Gasteiger partial charge on any atom is 0.345 e. The first-order valence-electron chi connectivity index (χ1n) is 5.38. The van der Waals surface area contributed by atoms with E-state index >= 15 is 0 Å². The summed E-state index contributed by atoms with van der Waals surface area (Å²) in [5, 5.41) is 9.35. The van der Waals surface area contributed by atoms with Crippen LogP contribution in [0.25, 0.3) is 6.08 Å². The summed E-state index contributed by atoms with van der Waals surface area (Å²) in [7, 11) is 0. The summed E-state index contributed by atoms with van der Waals surface area (Å²) in [5.41, 5.74) is 0.743. The molecule has 0 bridgehead atoms. The molecule has 0 aliphatic heterocycles. The fourth-order valence-corrected chi connectivity index (χ4v) is 2.41. The fraction of sp³-hybridized carbons (Fsp3) is 0. The summed E-state index contributed by atoms with van der Waals surface area (Å²) in [4.78, 5) is 23.1. The highest BCUT2D eigenvalue weighted by molar-refractivity contribution is 7.16. The van der Waals surface area contributed by atoms with Crippen LogP contribution in [0.3, 0.4) is 0 Å². The number of ketones is 1. The first kappa shape index (κ1) is 13.5. The van der Waals surface area contributed by atoms with E-state index < -0.39 is 5.97 Å². The van der Waals surface area contributed by atoms with E-state index in [-0.39, 0.29) is 10.7 Å². The van der Waals surface area contributed by atoms with E-state index in [1.807, 2.05) is 6.07 Å². The van der Waals surface area contributed by atoms with E-state index in [1.54, 1.807) is 24.3 Å². The van der Waals surface area contributed by atoms with Crippen LogP contribution in [0, 0.1) is 0 Å². The van der Waals surface area contributed by atoms with Crippen LogP contribution in [0.15, 0.2) is 42.5 Å². The molecule has 2 aromatic rings. The van der Waals surface area contributed by atoms with Gasteiger partial charge in [0, 0.05) is 5.02 Å². The number of carboxylic acid groups (broad SMARTS) is 1. The Balaban J connectivity index is 2.17. The molecule has 0 saturated carbocycles. The second kappa shape index (κ2) is 5.82. The van der Waals surface area contributed by atoms with Crippen LogP contribution in [-0.2, 0) is 0 Å². The summed E-state index contributed by atoms with van der Waals surface area (Å²) >= 11 is 6.92. The van der Waals surface area contributed by atoms with Gasteiger partial charge >= 0.3 is 5.97 Å². The molecule has 19 heavy (non-hydrogen) atoms. The summed E-state index contributed by atoms with van der Waals surface area (Å²) in [5.74, 6) is -1.27. The molecule has 0 saturated heterocycles. The molecule has 0 spiro atoms. The predicted molar refractivity (Wildman–Crippen MR) is 76.1 cm³/mol. The Bertz CT molecular complexity index is 658. The number of carboxylic acids is 1. The smallest absolute Gasteiger partial charge is 0.345 e. The van der Waals surface area contributed by atoms with Gasteiger partial charge < -0.3 is 5.11 Å². The molecule has 0 fully saturated rings. The van der Waals surface area contributed by atoms with Gasteiger partial charge in [0.2, 0.25) is 0 Å². The lowest BCUT2D eigenvalue weighted by atomic mass is 10.2. The minimum absolute atomic E-state index is 0.148. The van der Waals surface area contributed by atoms with Crippen molar-refractivity contribution in [3.8, 4) is 0 Å². The normalized spacial score (nSPS) is 10.8. The van der Waals surface area contributed by atoms with Gasteiger partial charge in [0.05, 0.1) is 4.88 Å². The van der Waals surface area contributed by atoms with Crippen LogP contribution < -0.4 is 0 Å².